The Morgan fingerprint density at radius 1 is 1.27 bits per heavy atom. The minimum absolute atomic E-state index is 0.0371. The number of carbonyl (C=O) groups excluding carboxylic acids is 1. The van der Waals surface area contributed by atoms with Crippen molar-refractivity contribution in [1.29, 1.82) is 0 Å². The van der Waals surface area contributed by atoms with Crippen molar-refractivity contribution in [3.05, 3.63) is 47.3 Å². The van der Waals surface area contributed by atoms with E-state index < -0.39 is 20.2 Å². The van der Waals surface area contributed by atoms with Crippen LogP contribution in [0.4, 0.5) is 0 Å². The molecule has 180 valence electrons. The number of nitrogens with zero attached hydrogens (tertiary/aromatic N) is 2. The number of nitrogens with two attached hydrogens (primary N) is 1. The van der Waals surface area contributed by atoms with Gasteiger partial charge in [0.05, 0.1) is 12.3 Å². The van der Waals surface area contributed by atoms with Crippen LogP contribution in [0.5, 0.6) is 17.2 Å². The lowest BCUT2D eigenvalue weighted by Gasteiger charge is -2.14. The molecule has 2 aromatic rings. The average molecular weight is 477 g/mol. The van der Waals surface area contributed by atoms with E-state index in [-0.39, 0.29) is 24.7 Å². The van der Waals surface area contributed by atoms with E-state index in [1.54, 1.807) is 37.4 Å². The van der Waals surface area contributed by atoms with Crippen LogP contribution in [0.25, 0.3) is 0 Å². The second-order valence-corrected chi connectivity index (χ2v) is 8.46. The van der Waals surface area contributed by atoms with E-state index in [4.69, 9.17) is 19.7 Å². The van der Waals surface area contributed by atoms with E-state index in [9.17, 15) is 14.8 Å². The van der Waals surface area contributed by atoms with Gasteiger partial charge in [-0.15, -0.1) is 0 Å². The highest BCUT2D eigenvalue weighted by atomic mass is 31.1. The van der Waals surface area contributed by atoms with Crippen LogP contribution in [0.2, 0.25) is 0 Å². The molecule has 10 heteroatoms. The normalized spacial score (nSPS) is 12.5. The number of ether oxygens (including phenoxy) is 2. The first-order valence-electron chi connectivity index (χ1n) is 10.9. The summed E-state index contributed by atoms with van der Waals surface area (Å²) >= 11 is 0. The monoisotopic (exact) mass is 477 g/mol. The molecule has 0 radical (unpaired) electrons. The van der Waals surface area contributed by atoms with Crippen LogP contribution < -0.4 is 19.9 Å². The third-order valence-corrected chi connectivity index (χ3v) is 6.16. The van der Waals surface area contributed by atoms with E-state index in [0.29, 0.717) is 35.1 Å². The first kappa shape index (κ1) is 26.5. The first-order chi connectivity index (χ1) is 15.8. The molecule has 2 rings (SSSR count). The van der Waals surface area contributed by atoms with Gasteiger partial charge in [-0.2, -0.15) is 0 Å². The molecule has 0 aliphatic carbocycles. The number of hydrogen-bond donors (Lipinski definition) is 2. The maximum atomic E-state index is 12.4. The number of hydrogen-bond acceptors (Lipinski definition) is 9. The van der Waals surface area contributed by atoms with Gasteiger partial charge in [0, 0.05) is 23.9 Å². The summed E-state index contributed by atoms with van der Waals surface area (Å²) in [6, 6.07) is 5.74. The van der Waals surface area contributed by atoms with Gasteiger partial charge < -0.3 is 25.2 Å². The van der Waals surface area contributed by atoms with Crippen LogP contribution in [0.15, 0.2) is 35.2 Å². The standard InChI is InChI=1S/C23H32N3O6P/c1-5-17(6-2)13-31-23(28)16(4)26-33(29)32-21-10-8-7-9-20(21)30-14-18-12-25-15(3)22(27)19(18)11-24/h7-10,12,16-17,27H,5-6,11,13-14,24H2,1-4H3/t16-/m0/s1. The zero-order valence-corrected chi connectivity index (χ0v) is 20.4. The Kier molecular flexibility index (Phi) is 10.5. The molecule has 0 spiro atoms. The van der Waals surface area contributed by atoms with Crippen molar-refractivity contribution in [1.82, 2.24) is 4.98 Å². The lowest BCUT2D eigenvalue weighted by atomic mass is 10.1. The van der Waals surface area contributed by atoms with Crippen molar-refractivity contribution < 1.29 is 28.8 Å². The Morgan fingerprint density at radius 3 is 2.58 bits per heavy atom. The van der Waals surface area contributed by atoms with Crippen LogP contribution in [0.3, 0.4) is 0 Å². The van der Waals surface area contributed by atoms with E-state index in [0.717, 1.165) is 12.8 Å². The number of aromatic nitrogens is 1. The lowest BCUT2D eigenvalue weighted by Crippen LogP contribution is -2.21. The zero-order chi connectivity index (χ0) is 24.4. The van der Waals surface area contributed by atoms with Crippen molar-refractivity contribution in [2.45, 2.75) is 59.7 Å². The fourth-order valence-corrected chi connectivity index (χ4v) is 3.72. The topological polar surface area (TPSA) is 139 Å². The third-order valence-electron chi connectivity index (χ3n) is 5.27. The summed E-state index contributed by atoms with van der Waals surface area (Å²) < 4.78 is 20.4. The third kappa shape index (κ3) is 7.67. The Morgan fingerprint density at radius 2 is 1.94 bits per heavy atom. The molecule has 0 fully saturated rings. The molecule has 3 N–H and O–H groups in total. The molecule has 0 amide bonds. The number of aromatic hydroxyl groups is 1. The summed E-state index contributed by atoms with van der Waals surface area (Å²) in [5.74, 6) is 0.316. The molecule has 0 aliphatic rings. The SMILES string of the molecule is CCC(CC)COC(=O)[C@H](C)N=[P+]([O-])Oc1ccccc1OCc1cnc(C)c(O)c1CN. The van der Waals surface area contributed by atoms with E-state index in [1.807, 2.05) is 13.8 Å². The fourth-order valence-electron chi connectivity index (χ4n) is 2.98. The Labute approximate surface area is 195 Å². The summed E-state index contributed by atoms with van der Waals surface area (Å²) in [5.41, 5.74) is 7.40. The highest BCUT2D eigenvalue weighted by Gasteiger charge is 2.21. The van der Waals surface area contributed by atoms with Crippen molar-refractivity contribution in [3.8, 4) is 17.2 Å². The second kappa shape index (κ2) is 13.1. The van der Waals surface area contributed by atoms with Gasteiger partial charge in [-0.3, -0.25) is 9.51 Å². The Hall–Kier alpha value is -2.74. The van der Waals surface area contributed by atoms with Crippen LogP contribution in [-0.2, 0) is 22.7 Å². The molecular weight excluding hydrogens is 445 g/mol. The van der Waals surface area contributed by atoms with Gasteiger partial charge in [0.25, 0.3) is 0 Å². The Bertz CT molecular complexity index is 965. The number of esters is 1. The van der Waals surface area contributed by atoms with E-state index in [1.165, 1.54) is 6.92 Å². The van der Waals surface area contributed by atoms with Gasteiger partial charge in [0.15, 0.2) is 11.8 Å². The molecule has 0 aliphatic heterocycles. The summed E-state index contributed by atoms with van der Waals surface area (Å²) in [6.45, 7) is 7.78. The molecule has 9 nitrogen and oxygen atoms in total. The molecule has 0 saturated carbocycles. The number of carbonyl (C=O) groups is 1. The van der Waals surface area contributed by atoms with Gasteiger partial charge >= 0.3 is 14.1 Å². The van der Waals surface area contributed by atoms with Crippen LogP contribution in [0, 0.1) is 12.8 Å². The van der Waals surface area contributed by atoms with E-state index >= 15 is 0 Å². The summed E-state index contributed by atoms with van der Waals surface area (Å²) in [4.78, 5) is 28.7. The number of pyridine rings is 1. The number of rotatable bonds is 12. The Balaban J connectivity index is 2.05. The van der Waals surface area contributed by atoms with Crippen LogP contribution in [0.1, 0.15) is 50.4 Å². The molecule has 1 aromatic carbocycles. The van der Waals surface area contributed by atoms with Crippen molar-refractivity contribution >= 4 is 14.1 Å². The largest absolute Gasteiger partial charge is 0.575 e. The molecule has 1 heterocycles. The van der Waals surface area contributed by atoms with Crippen molar-refractivity contribution in [3.63, 3.8) is 0 Å². The van der Waals surface area contributed by atoms with Gasteiger partial charge in [0.2, 0.25) is 5.75 Å². The maximum absolute atomic E-state index is 12.4. The zero-order valence-electron chi connectivity index (χ0n) is 19.5. The average Bonchev–Trinajstić information content (AvgIpc) is 2.81. The molecule has 1 unspecified atom stereocenters. The summed E-state index contributed by atoms with van der Waals surface area (Å²) in [7, 11) is -2.54. The van der Waals surface area contributed by atoms with E-state index in [2.05, 4.69) is 9.73 Å². The predicted molar refractivity (Wildman–Crippen MR) is 124 cm³/mol. The maximum Gasteiger partial charge on any atom is 0.395 e. The number of aryl methyl sites for hydroxylation is 1. The minimum Gasteiger partial charge on any atom is -0.575 e. The van der Waals surface area contributed by atoms with Gasteiger partial charge in [-0.1, -0.05) is 43.6 Å². The lowest BCUT2D eigenvalue weighted by molar-refractivity contribution is -0.169. The molecule has 0 bridgehead atoms. The highest BCUT2D eigenvalue weighted by molar-refractivity contribution is 7.34. The molecule has 0 saturated heterocycles. The number of para-hydroxylation sites is 2. The summed E-state index contributed by atoms with van der Waals surface area (Å²) in [5, 5.41) is 10.2. The predicted octanol–water partition coefficient (Wildman–Crippen LogP) is 3.74. The van der Waals surface area contributed by atoms with Gasteiger partial charge in [0.1, 0.15) is 12.4 Å². The van der Waals surface area contributed by atoms with Gasteiger partial charge in [-0.25, -0.2) is 4.79 Å². The summed E-state index contributed by atoms with van der Waals surface area (Å²) in [6.07, 6.45) is 3.41. The van der Waals surface area contributed by atoms with Gasteiger partial charge in [-0.05, 0) is 31.9 Å². The van der Waals surface area contributed by atoms with Crippen molar-refractivity contribution in [2.75, 3.05) is 6.61 Å². The van der Waals surface area contributed by atoms with Crippen LogP contribution >= 0.6 is 8.17 Å². The molecule has 33 heavy (non-hydrogen) atoms. The molecule has 2 atom stereocenters. The minimum atomic E-state index is -2.54. The first-order valence-corrected chi connectivity index (χ1v) is 12.0. The second-order valence-electron chi connectivity index (χ2n) is 7.57. The highest BCUT2D eigenvalue weighted by Crippen LogP contribution is 2.34. The van der Waals surface area contributed by atoms with Crippen LogP contribution in [-0.4, -0.2) is 28.7 Å². The molecule has 1 aromatic heterocycles. The number of benzene rings is 1. The molecular formula is C23H32N3O6P. The smallest absolute Gasteiger partial charge is 0.395 e. The van der Waals surface area contributed by atoms with Crippen molar-refractivity contribution in [2.24, 2.45) is 16.4 Å². The fraction of sp³-hybridized carbons (Fsp3) is 0.478. The quantitative estimate of drug-likeness (QED) is 0.348.